The zero-order valence-electron chi connectivity index (χ0n) is 21.3. The van der Waals surface area contributed by atoms with Crippen molar-refractivity contribution in [2.45, 2.75) is 55.9 Å². The Morgan fingerprint density at radius 2 is 1.92 bits per heavy atom. The average Bonchev–Trinajstić information content (AvgIpc) is 3.56. The van der Waals surface area contributed by atoms with Crippen molar-refractivity contribution in [1.82, 2.24) is 25.2 Å². The Kier molecular flexibility index (Phi) is 6.02. The third-order valence-electron chi connectivity index (χ3n) is 8.75. The highest BCUT2D eigenvalue weighted by molar-refractivity contribution is 6.31. The van der Waals surface area contributed by atoms with Gasteiger partial charge in [-0.1, -0.05) is 11.6 Å². The van der Waals surface area contributed by atoms with Gasteiger partial charge in [-0.05, 0) is 44.4 Å². The molecule has 6 heterocycles. The van der Waals surface area contributed by atoms with Gasteiger partial charge in [-0.3, -0.25) is 9.88 Å². The number of ether oxygens (including phenoxy) is 1. The number of hydrogen-bond donors (Lipinski definition) is 2. The van der Waals surface area contributed by atoms with Gasteiger partial charge >= 0.3 is 6.01 Å². The summed E-state index contributed by atoms with van der Waals surface area (Å²) in [5.74, 6) is -1.17. The third kappa shape index (κ3) is 4.17. The number of hydrogen-bond acceptors (Lipinski definition) is 8. The first kappa shape index (κ1) is 25.1. The first-order valence-electron chi connectivity index (χ1n) is 13.4. The van der Waals surface area contributed by atoms with Crippen molar-refractivity contribution in [2.24, 2.45) is 0 Å². The molecule has 4 atom stereocenters. The monoisotopic (exact) mass is 559 g/mol. The van der Waals surface area contributed by atoms with Crippen molar-refractivity contribution in [3.63, 3.8) is 0 Å². The Morgan fingerprint density at radius 3 is 2.72 bits per heavy atom. The fourth-order valence-electron chi connectivity index (χ4n) is 6.93. The number of alkyl halides is 1. The lowest BCUT2D eigenvalue weighted by molar-refractivity contribution is 0.107. The van der Waals surface area contributed by atoms with Crippen molar-refractivity contribution in [2.75, 3.05) is 43.4 Å². The Labute approximate surface area is 228 Å². The van der Waals surface area contributed by atoms with E-state index in [9.17, 15) is 8.78 Å². The summed E-state index contributed by atoms with van der Waals surface area (Å²) < 4.78 is 51.6. The summed E-state index contributed by atoms with van der Waals surface area (Å²) in [5.41, 5.74) is 5.07. The highest BCUT2D eigenvalue weighted by atomic mass is 35.5. The molecule has 2 bridgehead atoms. The molecule has 4 aliphatic rings. The molecule has 0 saturated carbocycles. The Balaban J connectivity index is 1.33. The maximum atomic E-state index is 16.2. The molecule has 8 nitrogen and oxygen atoms in total. The van der Waals surface area contributed by atoms with Crippen LogP contribution in [0.15, 0.2) is 18.3 Å². The molecule has 206 valence electrons. The van der Waals surface area contributed by atoms with Crippen molar-refractivity contribution >= 4 is 34.0 Å². The number of nitrogen functional groups attached to an aromatic ring is 1. The zero-order chi connectivity index (χ0) is 26.9. The number of pyridine rings is 1. The van der Waals surface area contributed by atoms with E-state index in [4.69, 9.17) is 27.1 Å². The van der Waals surface area contributed by atoms with Gasteiger partial charge < -0.3 is 20.7 Å². The van der Waals surface area contributed by atoms with Gasteiger partial charge in [0.25, 0.3) is 0 Å². The minimum atomic E-state index is -0.901. The van der Waals surface area contributed by atoms with Crippen LogP contribution in [0.3, 0.4) is 0 Å². The van der Waals surface area contributed by atoms with Gasteiger partial charge in [-0.2, -0.15) is 9.97 Å². The minimum Gasteiger partial charge on any atom is -0.461 e. The second-order valence-electron chi connectivity index (χ2n) is 11.2. The quantitative estimate of drug-likeness (QED) is 0.452. The Hall–Kier alpha value is -2.89. The SMILES string of the molecule is Nc1ccc(Cl)c(F)c1-c1ncc2c(N3CC4CCC(C3)N4)nc(OC[C@@]34CCCN3C[C@H](F)C4)nc2c1F. The van der Waals surface area contributed by atoms with Crippen LogP contribution in [0.4, 0.5) is 24.7 Å². The third-order valence-corrected chi connectivity index (χ3v) is 9.05. The molecule has 0 aliphatic carbocycles. The Bertz CT molecular complexity index is 1450. The number of nitrogens with zero attached hydrogens (tertiary/aromatic N) is 5. The van der Waals surface area contributed by atoms with Crippen LogP contribution in [0.5, 0.6) is 6.01 Å². The van der Waals surface area contributed by atoms with Crippen LogP contribution in [0.1, 0.15) is 32.1 Å². The van der Waals surface area contributed by atoms with Crippen LogP contribution in [-0.2, 0) is 0 Å². The first-order chi connectivity index (χ1) is 18.8. The summed E-state index contributed by atoms with van der Waals surface area (Å²) in [6.45, 7) is 2.83. The van der Waals surface area contributed by atoms with Crippen molar-refractivity contribution < 1.29 is 17.9 Å². The summed E-state index contributed by atoms with van der Waals surface area (Å²) in [4.78, 5) is 17.7. The molecule has 2 aromatic heterocycles. The zero-order valence-corrected chi connectivity index (χ0v) is 22.0. The van der Waals surface area contributed by atoms with Crippen LogP contribution in [-0.4, -0.2) is 76.4 Å². The molecule has 7 rings (SSSR count). The molecule has 0 spiro atoms. The molecule has 4 saturated heterocycles. The number of anilines is 2. The van der Waals surface area contributed by atoms with Gasteiger partial charge in [-0.25, -0.2) is 13.2 Å². The number of fused-ring (bicyclic) bond motifs is 4. The number of piperazine rings is 1. The van der Waals surface area contributed by atoms with Crippen LogP contribution in [0.25, 0.3) is 22.2 Å². The first-order valence-corrected chi connectivity index (χ1v) is 13.8. The van der Waals surface area contributed by atoms with Crippen LogP contribution < -0.4 is 20.7 Å². The smallest absolute Gasteiger partial charge is 0.319 e. The van der Waals surface area contributed by atoms with E-state index in [1.807, 2.05) is 0 Å². The number of nitrogens with two attached hydrogens (primary N) is 1. The van der Waals surface area contributed by atoms with Gasteiger partial charge in [-0.15, -0.1) is 0 Å². The highest BCUT2D eigenvalue weighted by Gasteiger charge is 2.49. The molecule has 0 amide bonds. The van der Waals surface area contributed by atoms with Gasteiger partial charge in [0.05, 0.1) is 21.5 Å². The lowest BCUT2D eigenvalue weighted by Gasteiger charge is -2.34. The van der Waals surface area contributed by atoms with Gasteiger partial charge in [0.2, 0.25) is 0 Å². The van der Waals surface area contributed by atoms with Gasteiger partial charge in [0.1, 0.15) is 29.8 Å². The molecule has 4 aliphatic heterocycles. The Morgan fingerprint density at radius 1 is 1.13 bits per heavy atom. The van der Waals surface area contributed by atoms with E-state index in [0.29, 0.717) is 49.3 Å². The number of nitrogens with one attached hydrogen (secondary N) is 1. The largest absolute Gasteiger partial charge is 0.461 e. The van der Waals surface area contributed by atoms with E-state index in [2.05, 4.69) is 25.1 Å². The fraction of sp³-hybridized carbons (Fsp3) is 0.519. The van der Waals surface area contributed by atoms with Crippen LogP contribution in [0.2, 0.25) is 5.02 Å². The second-order valence-corrected chi connectivity index (χ2v) is 11.7. The van der Waals surface area contributed by atoms with Crippen molar-refractivity contribution in [3.05, 3.63) is 35.0 Å². The van der Waals surface area contributed by atoms with E-state index in [-0.39, 0.29) is 40.1 Å². The lowest BCUT2D eigenvalue weighted by Crippen LogP contribution is -2.51. The van der Waals surface area contributed by atoms with E-state index in [0.717, 1.165) is 32.2 Å². The molecule has 12 heteroatoms. The molecule has 3 N–H and O–H groups in total. The fourth-order valence-corrected chi connectivity index (χ4v) is 7.08. The predicted molar refractivity (Wildman–Crippen MR) is 143 cm³/mol. The van der Waals surface area contributed by atoms with Gasteiger partial charge in [0.15, 0.2) is 11.6 Å². The molecule has 2 unspecified atom stereocenters. The van der Waals surface area contributed by atoms with Crippen molar-refractivity contribution in [1.29, 1.82) is 0 Å². The number of rotatable bonds is 5. The van der Waals surface area contributed by atoms with E-state index in [1.165, 1.54) is 18.3 Å². The molecule has 0 radical (unpaired) electrons. The van der Waals surface area contributed by atoms with E-state index in [1.54, 1.807) is 0 Å². The average molecular weight is 560 g/mol. The van der Waals surface area contributed by atoms with E-state index < -0.39 is 23.3 Å². The molecule has 39 heavy (non-hydrogen) atoms. The lowest BCUT2D eigenvalue weighted by atomic mass is 9.95. The van der Waals surface area contributed by atoms with E-state index >= 15 is 4.39 Å². The summed E-state index contributed by atoms with van der Waals surface area (Å²) >= 11 is 5.98. The normalized spacial score (nSPS) is 28.4. The summed E-state index contributed by atoms with van der Waals surface area (Å²) in [7, 11) is 0. The second kappa shape index (κ2) is 9.35. The van der Waals surface area contributed by atoms with Crippen LogP contribution >= 0.6 is 11.6 Å². The van der Waals surface area contributed by atoms with Crippen LogP contribution in [0, 0.1) is 11.6 Å². The standard InChI is InChI=1S/C27H29ClF3N7O/c28-18-4-5-19(32)20(21(18)30)24-22(31)23-17(9-33-24)25(37-11-15-2-3-16(12-37)34-15)36-26(35-23)39-13-27-6-1-7-38(27)10-14(29)8-27/h4-5,9,14-16,34H,1-3,6-8,10-13,32H2/t14-,15?,16?,27+/m1/s1. The predicted octanol–water partition coefficient (Wildman–Crippen LogP) is 4.10. The topological polar surface area (TPSA) is 92.4 Å². The highest BCUT2D eigenvalue weighted by Crippen LogP contribution is 2.41. The van der Waals surface area contributed by atoms with Gasteiger partial charge in [0, 0.05) is 50.0 Å². The molecule has 1 aromatic carbocycles. The van der Waals surface area contributed by atoms with Crippen molar-refractivity contribution in [3.8, 4) is 17.3 Å². The summed E-state index contributed by atoms with van der Waals surface area (Å²) in [6.07, 6.45) is 4.86. The number of benzene rings is 1. The molecule has 3 aromatic rings. The number of halogens is 4. The summed E-state index contributed by atoms with van der Waals surface area (Å²) in [6, 6.07) is 3.34. The maximum absolute atomic E-state index is 16.2. The molecular formula is C27H29ClF3N7O. The minimum absolute atomic E-state index is 0.00232. The molecular weight excluding hydrogens is 531 g/mol. The summed E-state index contributed by atoms with van der Waals surface area (Å²) in [5, 5.41) is 3.80. The maximum Gasteiger partial charge on any atom is 0.319 e. The number of aromatic nitrogens is 3. The molecule has 4 fully saturated rings.